The zero-order valence-electron chi connectivity index (χ0n) is 23.0. The quantitative estimate of drug-likeness (QED) is 0.310. The second kappa shape index (κ2) is 9.29. The average molecular weight is 557 g/mol. The zero-order valence-corrected chi connectivity index (χ0v) is 23.0. The van der Waals surface area contributed by atoms with Gasteiger partial charge in [-0.2, -0.15) is 9.97 Å². The highest BCUT2D eigenvalue weighted by Gasteiger charge is 2.57. The van der Waals surface area contributed by atoms with E-state index in [1.807, 2.05) is 12.1 Å². The van der Waals surface area contributed by atoms with Crippen molar-refractivity contribution in [1.82, 2.24) is 19.9 Å². The molecule has 3 N–H and O–H groups in total. The molecule has 0 radical (unpaired) electrons. The van der Waals surface area contributed by atoms with E-state index in [0.717, 1.165) is 58.0 Å². The Morgan fingerprint density at radius 1 is 1.00 bits per heavy atom. The summed E-state index contributed by atoms with van der Waals surface area (Å²) in [6.45, 7) is 2.65. The summed E-state index contributed by atoms with van der Waals surface area (Å²) < 4.78 is 37.7. The molecule has 0 bridgehead atoms. The van der Waals surface area contributed by atoms with Crippen LogP contribution >= 0.6 is 0 Å². The van der Waals surface area contributed by atoms with E-state index in [1.165, 1.54) is 12.5 Å². The summed E-state index contributed by atoms with van der Waals surface area (Å²) in [6, 6.07) is 10.6. The number of pyridine rings is 1. The van der Waals surface area contributed by atoms with Crippen molar-refractivity contribution in [1.29, 1.82) is 0 Å². The van der Waals surface area contributed by atoms with Gasteiger partial charge >= 0.3 is 6.01 Å². The van der Waals surface area contributed by atoms with Crippen molar-refractivity contribution in [2.75, 3.05) is 25.0 Å². The predicted molar refractivity (Wildman–Crippen MR) is 155 cm³/mol. The van der Waals surface area contributed by atoms with Gasteiger partial charge in [0, 0.05) is 34.6 Å². The van der Waals surface area contributed by atoms with E-state index in [9.17, 15) is 4.39 Å². The first-order chi connectivity index (χ1) is 20.0. The van der Waals surface area contributed by atoms with Crippen LogP contribution in [-0.4, -0.2) is 57.2 Å². The molecule has 212 valence electrons. The first-order valence-electron chi connectivity index (χ1n) is 14.9. The van der Waals surface area contributed by atoms with E-state index in [1.54, 1.807) is 24.4 Å². The first-order valence-corrected chi connectivity index (χ1v) is 14.9. The maximum absolute atomic E-state index is 16.5. The number of anilines is 1. The number of hydrogen-bond donors (Lipinski definition) is 2. The minimum atomic E-state index is -0.612. The molecule has 2 saturated heterocycles. The van der Waals surface area contributed by atoms with Crippen LogP contribution in [0.2, 0.25) is 0 Å². The summed E-state index contributed by atoms with van der Waals surface area (Å²) in [5, 5.41) is 5.09. The van der Waals surface area contributed by atoms with Crippen molar-refractivity contribution in [3.05, 3.63) is 54.2 Å². The summed E-state index contributed by atoms with van der Waals surface area (Å²) in [6.07, 6.45) is 10.3. The van der Waals surface area contributed by atoms with Gasteiger partial charge in [-0.15, -0.1) is 0 Å². The van der Waals surface area contributed by atoms with Crippen LogP contribution in [0.1, 0.15) is 51.4 Å². The van der Waals surface area contributed by atoms with Crippen molar-refractivity contribution < 1.29 is 13.5 Å². The van der Waals surface area contributed by atoms with Crippen LogP contribution in [0.5, 0.6) is 6.01 Å². The Morgan fingerprint density at radius 2 is 1.78 bits per heavy atom. The molecule has 2 unspecified atom stereocenters. The van der Waals surface area contributed by atoms with Gasteiger partial charge in [0.15, 0.2) is 5.82 Å². The molecular formula is C32H34F2N6O. The second-order valence-corrected chi connectivity index (χ2v) is 12.5. The molecule has 9 heteroatoms. The van der Waals surface area contributed by atoms with Crippen molar-refractivity contribution in [2.24, 2.45) is 11.1 Å². The third-order valence-electron chi connectivity index (χ3n) is 10.6. The Morgan fingerprint density at radius 3 is 2.51 bits per heavy atom. The Bertz CT molecular complexity index is 1660. The predicted octanol–water partition coefficient (Wildman–Crippen LogP) is 5.81. The summed E-state index contributed by atoms with van der Waals surface area (Å²) in [7, 11) is 0. The number of rotatable bonds is 6. The number of benzene rings is 2. The summed E-state index contributed by atoms with van der Waals surface area (Å²) in [5.41, 5.74) is 7.07. The van der Waals surface area contributed by atoms with Gasteiger partial charge in [-0.05, 0) is 69.5 Å². The number of hydrogen-bond acceptors (Lipinski definition) is 7. The van der Waals surface area contributed by atoms with E-state index in [-0.39, 0.29) is 40.3 Å². The molecule has 8 rings (SSSR count). The maximum Gasteiger partial charge on any atom is 0.319 e. The van der Waals surface area contributed by atoms with Crippen LogP contribution in [0.25, 0.3) is 32.9 Å². The van der Waals surface area contributed by atoms with Crippen LogP contribution in [-0.2, 0) is 0 Å². The maximum atomic E-state index is 16.5. The van der Waals surface area contributed by atoms with Gasteiger partial charge in [0.25, 0.3) is 0 Å². The number of halogens is 2. The van der Waals surface area contributed by atoms with Gasteiger partial charge in [0.05, 0.1) is 10.9 Å². The zero-order chi connectivity index (χ0) is 27.8. The molecule has 1 spiro atoms. The first kappa shape index (κ1) is 25.3. The Hall–Kier alpha value is -3.43. The lowest BCUT2D eigenvalue weighted by Crippen LogP contribution is -2.67. The van der Waals surface area contributed by atoms with E-state index < -0.39 is 11.6 Å². The highest BCUT2D eigenvalue weighted by molar-refractivity contribution is 5.99. The van der Waals surface area contributed by atoms with Gasteiger partial charge in [-0.1, -0.05) is 36.8 Å². The van der Waals surface area contributed by atoms with Crippen molar-refractivity contribution >= 4 is 27.5 Å². The standard InChI is InChI=1S/C32H34F2N6O/c33-22-9-2-7-19-6-1-8-20(25(19)22)27-26(34)28-21(17-36-27)29(37-24-16-23(35)32(24)12-3-13-32)39-30(38-28)41-18-31-10-4-14-40(31)15-5-11-31/h1-2,6-9,17,23-24H,3-5,10-16,18,35H2,(H,37,38,39). The molecule has 2 aliphatic heterocycles. The third kappa shape index (κ3) is 3.78. The molecule has 2 atom stereocenters. The fourth-order valence-electron chi connectivity index (χ4n) is 8.04. The highest BCUT2D eigenvalue weighted by Crippen LogP contribution is 2.56. The molecule has 4 heterocycles. The Kier molecular flexibility index (Phi) is 5.73. The molecule has 2 saturated carbocycles. The monoisotopic (exact) mass is 556 g/mol. The second-order valence-electron chi connectivity index (χ2n) is 12.5. The third-order valence-corrected chi connectivity index (χ3v) is 10.6. The van der Waals surface area contributed by atoms with Crippen LogP contribution in [0.15, 0.2) is 42.6 Å². The van der Waals surface area contributed by atoms with E-state index >= 15 is 4.39 Å². The molecule has 7 nitrogen and oxygen atoms in total. The molecule has 41 heavy (non-hydrogen) atoms. The fourth-order valence-corrected chi connectivity index (χ4v) is 8.04. The summed E-state index contributed by atoms with van der Waals surface area (Å²) in [5.74, 6) is -0.515. The van der Waals surface area contributed by atoms with Crippen molar-refractivity contribution in [3.63, 3.8) is 0 Å². The van der Waals surface area contributed by atoms with Crippen LogP contribution in [0.4, 0.5) is 14.6 Å². The molecule has 4 aromatic rings. The molecular weight excluding hydrogens is 522 g/mol. The van der Waals surface area contributed by atoms with Gasteiger partial charge in [-0.3, -0.25) is 9.88 Å². The van der Waals surface area contributed by atoms with Crippen LogP contribution < -0.4 is 15.8 Å². The molecule has 0 amide bonds. The van der Waals surface area contributed by atoms with Crippen LogP contribution in [0.3, 0.4) is 0 Å². The molecule has 2 aromatic carbocycles. The van der Waals surface area contributed by atoms with E-state index in [0.29, 0.717) is 34.1 Å². The number of nitrogens with one attached hydrogen (secondary N) is 1. The van der Waals surface area contributed by atoms with Crippen molar-refractivity contribution in [3.8, 4) is 17.3 Å². The Balaban J connectivity index is 1.22. The minimum Gasteiger partial charge on any atom is -0.461 e. The highest BCUT2D eigenvalue weighted by atomic mass is 19.1. The molecule has 2 aromatic heterocycles. The molecule has 2 aliphatic carbocycles. The lowest BCUT2D eigenvalue weighted by molar-refractivity contribution is -0.0146. The lowest BCUT2D eigenvalue weighted by Gasteiger charge is -2.60. The van der Waals surface area contributed by atoms with Gasteiger partial charge in [0.1, 0.15) is 29.5 Å². The van der Waals surface area contributed by atoms with Gasteiger partial charge < -0.3 is 15.8 Å². The number of fused-ring (bicyclic) bond motifs is 3. The Labute approximate surface area is 237 Å². The number of nitrogens with zero attached hydrogens (tertiary/aromatic N) is 4. The molecule has 4 aliphatic rings. The lowest BCUT2D eigenvalue weighted by atomic mass is 9.50. The van der Waals surface area contributed by atoms with E-state index in [2.05, 4.69) is 20.2 Å². The summed E-state index contributed by atoms with van der Waals surface area (Å²) in [4.78, 5) is 16.4. The topological polar surface area (TPSA) is 89.2 Å². The average Bonchev–Trinajstić information content (AvgIpc) is 3.52. The smallest absolute Gasteiger partial charge is 0.319 e. The van der Waals surface area contributed by atoms with Crippen molar-refractivity contribution in [2.45, 2.75) is 69.0 Å². The number of ether oxygens (including phenoxy) is 1. The van der Waals surface area contributed by atoms with Crippen LogP contribution in [0, 0.1) is 17.0 Å². The number of nitrogens with two attached hydrogens (primary N) is 1. The van der Waals surface area contributed by atoms with Gasteiger partial charge in [-0.25, -0.2) is 8.78 Å². The largest absolute Gasteiger partial charge is 0.461 e. The summed E-state index contributed by atoms with van der Waals surface area (Å²) >= 11 is 0. The SMILES string of the molecule is NC1CC(Nc2nc(OCC34CCCN3CCC4)nc3c(F)c(-c4cccc5cccc(F)c45)ncc23)C12CCC2. The van der Waals surface area contributed by atoms with E-state index in [4.69, 9.17) is 15.5 Å². The molecule has 4 fully saturated rings. The minimum absolute atomic E-state index is 0.00503. The fraction of sp³-hybridized carbons (Fsp3) is 0.469. The van der Waals surface area contributed by atoms with Gasteiger partial charge in [0.2, 0.25) is 0 Å². The normalized spacial score (nSPS) is 24.4. The number of aromatic nitrogens is 3.